The second kappa shape index (κ2) is 7.87. The number of carbonyl (C=O) groups is 1. The van der Waals surface area contributed by atoms with Crippen molar-refractivity contribution >= 4 is 27.5 Å². The van der Waals surface area contributed by atoms with Gasteiger partial charge in [-0.15, -0.1) is 11.3 Å². The first-order valence-corrected chi connectivity index (χ1v) is 10.6. The van der Waals surface area contributed by atoms with Crippen LogP contribution in [-0.4, -0.2) is 21.6 Å². The molecule has 5 nitrogen and oxygen atoms in total. The smallest absolute Gasteiger partial charge is 0.326 e. The van der Waals surface area contributed by atoms with Crippen LogP contribution in [0.15, 0.2) is 41.5 Å². The Hall–Kier alpha value is -2.47. The van der Waals surface area contributed by atoms with Gasteiger partial charge in [0.15, 0.2) is 0 Å². The minimum Gasteiger partial charge on any atom is -0.461 e. The summed E-state index contributed by atoms with van der Waals surface area (Å²) in [5, 5.41) is 0.579. The van der Waals surface area contributed by atoms with E-state index in [1.165, 1.54) is 28.7 Å². The van der Waals surface area contributed by atoms with Crippen LogP contribution >= 0.6 is 11.3 Å². The van der Waals surface area contributed by atoms with Gasteiger partial charge in [0.05, 0.1) is 11.7 Å². The summed E-state index contributed by atoms with van der Waals surface area (Å²) < 4.78 is 7.00. The fraction of sp³-hybridized carbons (Fsp3) is 0.409. The van der Waals surface area contributed by atoms with E-state index in [2.05, 4.69) is 11.9 Å². The molecule has 0 amide bonds. The van der Waals surface area contributed by atoms with E-state index < -0.39 is 0 Å². The van der Waals surface area contributed by atoms with E-state index in [-0.39, 0.29) is 24.2 Å². The molecule has 3 aromatic rings. The largest absolute Gasteiger partial charge is 0.461 e. The van der Waals surface area contributed by atoms with Crippen LogP contribution in [0.2, 0.25) is 0 Å². The Bertz CT molecular complexity index is 1050. The Morgan fingerprint density at radius 1 is 1.29 bits per heavy atom. The van der Waals surface area contributed by atoms with E-state index in [0.29, 0.717) is 16.1 Å². The summed E-state index contributed by atoms with van der Waals surface area (Å²) in [5.74, 6) is 0.213. The van der Waals surface area contributed by atoms with Crippen LogP contribution in [0.5, 0.6) is 0 Å². The molecule has 0 saturated heterocycles. The lowest BCUT2D eigenvalue weighted by molar-refractivity contribution is -0.152. The maximum Gasteiger partial charge on any atom is 0.326 e. The van der Waals surface area contributed by atoms with Crippen LogP contribution in [0.1, 0.15) is 37.5 Å². The second-order valence-electron chi connectivity index (χ2n) is 7.64. The minimum absolute atomic E-state index is 0.0353. The third kappa shape index (κ3) is 3.74. The van der Waals surface area contributed by atoms with Crippen molar-refractivity contribution in [3.63, 3.8) is 0 Å². The van der Waals surface area contributed by atoms with Gasteiger partial charge in [0.2, 0.25) is 0 Å². The van der Waals surface area contributed by atoms with Gasteiger partial charge in [0.25, 0.3) is 5.56 Å². The van der Waals surface area contributed by atoms with Crippen molar-refractivity contribution in [2.24, 2.45) is 5.92 Å². The van der Waals surface area contributed by atoms with Crippen LogP contribution in [0.4, 0.5) is 0 Å². The van der Waals surface area contributed by atoms with Crippen molar-refractivity contribution in [2.45, 2.75) is 52.2 Å². The molecule has 1 fully saturated rings. The van der Waals surface area contributed by atoms with E-state index >= 15 is 0 Å². The summed E-state index contributed by atoms with van der Waals surface area (Å²) in [7, 11) is 0. The van der Waals surface area contributed by atoms with Crippen molar-refractivity contribution in [2.75, 3.05) is 0 Å². The third-order valence-electron chi connectivity index (χ3n) is 5.40. The Balaban J connectivity index is 1.63. The molecule has 0 unspecified atom stereocenters. The van der Waals surface area contributed by atoms with Gasteiger partial charge in [-0.25, -0.2) is 4.98 Å². The average Bonchev–Trinajstić information content (AvgIpc) is 3.01. The Kier molecular flexibility index (Phi) is 5.31. The van der Waals surface area contributed by atoms with Gasteiger partial charge in [-0.05, 0) is 37.7 Å². The summed E-state index contributed by atoms with van der Waals surface area (Å²) >= 11 is 1.50. The number of rotatable bonds is 4. The van der Waals surface area contributed by atoms with E-state index in [9.17, 15) is 9.59 Å². The number of hydrogen-bond acceptors (Lipinski definition) is 5. The molecule has 2 heterocycles. The van der Waals surface area contributed by atoms with Crippen LogP contribution in [0, 0.1) is 12.8 Å². The van der Waals surface area contributed by atoms with E-state index in [1.54, 1.807) is 0 Å². The quantitative estimate of drug-likeness (QED) is 0.607. The normalized spacial score (nSPS) is 19.6. The Morgan fingerprint density at radius 2 is 2.07 bits per heavy atom. The maximum absolute atomic E-state index is 13.1. The fourth-order valence-electron chi connectivity index (χ4n) is 4.05. The van der Waals surface area contributed by atoms with Gasteiger partial charge in [-0.1, -0.05) is 43.7 Å². The molecule has 1 aliphatic carbocycles. The molecule has 6 heteroatoms. The van der Waals surface area contributed by atoms with E-state index in [4.69, 9.17) is 4.74 Å². The summed E-state index contributed by atoms with van der Waals surface area (Å²) in [5.41, 5.74) is 1.70. The molecule has 1 saturated carbocycles. The predicted octanol–water partition coefficient (Wildman–Crippen LogP) is 4.56. The molecule has 2 aromatic heterocycles. The molecule has 0 spiro atoms. The molecule has 28 heavy (non-hydrogen) atoms. The number of benzene rings is 1. The first kappa shape index (κ1) is 18.9. The van der Waals surface area contributed by atoms with Gasteiger partial charge < -0.3 is 4.74 Å². The molecular weight excluding hydrogens is 372 g/mol. The van der Waals surface area contributed by atoms with Crippen molar-refractivity contribution in [1.29, 1.82) is 0 Å². The van der Waals surface area contributed by atoms with Crippen molar-refractivity contribution < 1.29 is 9.53 Å². The van der Waals surface area contributed by atoms with Gasteiger partial charge in [-0.2, -0.15) is 0 Å². The van der Waals surface area contributed by atoms with E-state index in [1.807, 2.05) is 37.3 Å². The van der Waals surface area contributed by atoms with Crippen molar-refractivity contribution in [1.82, 2.24) is 9.55 Å². The zero-order valence-electron chi connectivity index (χ0n) is 16.2. The number of carbonyl (C=O) groups excluding carboxylic acids is 1. The van der Waals surface area contributed by atoms with Crippen molar-refractivity contribution in [3.8, 4) is 11.1 Å². The molecule has 146 valence electrons. The average molecular weight is 397 g/mol. The lowest BCUT2D eigenvalue weighted by Crippen LogP contribution is -2.30. The SMILES string of the molecule is Cc1sc2ncn(CC(=O)O[C@@H]3CCC[C@@H](C)C3)c(=O)c2c1-c1ccccc1. The molecule has 4 rings (SSSR count). The zero-order valence-corrected chi connectivity index (χ0v) is 17.0. The second-order valence-corrected chi connectivity index (χ2v) is 8.84. The Labute approximate surface area is 168 Å². The van der Waals surface area contributed by atoms with E-state index in [0.717, 1.165) is 35.3 Å². The highest BCUT2D eigenvalue weighted by atomic mass is 32.1. The fourth-order valence-corrected chi connectivity index (χ4v) is 5.05. The first-order valence-electron chi connectivity index (χ1n) is 9.76. The number of nitrogens with zero attached hydrogens (tertiary/aromatic N) is 2. The molecule has 0 radical (unpaired) electrons. The number of aromatic nitrogens is 2. The van der Waals surface area contributed by atoms with Crippen LogP contribution in [0.25, 0.3) is 21.3 Å². The monoisotopic (exact) mass is 396 g/mol. The lowest BCUT2D eigenvalue weighted by Gasteiger charge is -2.26. The van der Waals surface area contributed by atoms with Crippen LogP contribution < -0.4 is 5.56 Å². The Morgan fingerprint density at radius 3 is 2.82 bits per heavy atom. The first-order chi connectivity index (χ1) is 13.5. The number of fused-ring (bicyclic) bond motifs is 1. The highest BCUT2D eigenvalue weighted by Gasteiger charge is 2.23. The highest BCUT2D eigenvalue weighted by molar-refractivity contribution is 7.19. The summed E-state index contributed by atoms with van der Waals surface area (Å²) in [6.45, 7) is 4.08. The van der Waals surface area contributed by atoms with Gasteiger partial charge >= 0.3 is 5.97 Å². The van der Waals surface area contributed by atoms with Gasteiger partial charge in [0, 0.05) is 10.4 Å². The lowest BCUT2D eigenvalue weighted by atomic mass is 9.89. The summed E-state index contributed by atoms with van der Waals surface area (Å²) in [6, 6.07) is 9.84. The molecular formula is C22H24N2O3S. The third-order valence-corrected chi connectivity index (χ3v) is 6.42. The molecule has 0 bridgehead atoms. The number of aryl methyl sites for hydroxylation is 1. The number of esters is 1. The molecule has 2 atom stereocenters. The van der Waals surface area contributed by atoms with Gasteiger partial charge in [0.1, 0.15) is 17.5 Å². The highest BCUT2D eigenvalue weighted by Crippen LogP contribution is 2.35. The maximum atomic E-state index is 13.1. The number of ether oxygens (including phenoxy) is 1. The minimum atomic E-state index is -0.365. The number of hydrogen-bond donors (Lipinski definition) is 0. The summed E-state index contributed by atoms with van der Waals surface area (Å²) in [4.78, 5) is 31.7. The molecule has 0 N–H and O–H groups in total. The molecule has 1 aliphatic rings. The van der Waals surface area contributed by atoms with Crippen LogP contribution in [-0.2, 0) is 16.1 Å². The number of thiophene rings is 1. The molecule has 0 aliphatic heterocycles. The predicted molar refractivity (Wildman–Crippen MR) is 112 cm³/mol. The topological polar surface area (TPSA) is 61.2 Å². The van der Waals surface area contributed by atoms with Crippen LogP contribution in [0.3, 0.4) is 0 Å². The summed E-state index contributed by atoms with van der Waals surface area (Å²) in [6.07, 6.45) is 5.51. The van der Waals surface area contributed by atoms with Gasteiger partial charge in [-0.3, -0.25) is 14.2 Å². The standard InChI is InChI=1S/C22H24N2O3S/c1-14-7-6-10-17(11-14)27-18(25)12-24-13-23-21-20(22(24)26)19(15(2)28-21)16-8-4-3-5-9-16/h3-5,8-9,13-14,17H,6-7,10-12H2,1-2H3/t14-,17-/m1/s1. The zero-order chi connectivity index (χ0) is 19.7. The van der Waals surface area contributed by atoms with Crippen molar-refractivity contribution in [3.05, 3.63) is 51.9 Å². The molecule has 1 aromatic carbocycles.